The predicted molar refractivity (Wildman–Crippen MR) is 53.7 cm³/mol. The first-order valence-electron chi connectivity index (χ1n) is 4.49. The maximum absolute atomic E-state index is 10.9. The molecule has 0 aliphatic rings. The Morgan fingerprint density at radius 1 is 1.54 bits per heavy atom. The zero-order valence-corrected chi connectivity index (χ0v) is 8.03. The Morgan fingerprint density at radius 2 is 2.15 bits per heavy atom. The molecular weight excluding hydrogens is 161 g/mol. The number of hydrogen-bond acceptors (Lipinski definition) is 2. The van der Waals surface area contributed by atoms with Crippen molar-refractivity contribution in [2.75, 3.05) is 0 Å². The summed E-state index contributed by atoms with van der Waals surface area (Å²) in [6, 6.07) is 3.90. The van der Waals surface area contributed by atoms with Gasteiger partial charge >= 0.3 is 0 Å². The summed E-state index contributed by atoms with van der Waals surface area (Å²) < 4.78 is 0. The number of nitrogens with zero attached hydrogens (tertiary/aromatic N) is 1. The van der Waals surface area contributed by atoms with E-state index in [9.17, 15) is 4.79 Å². The number of rotatable bonds is 4. The minimum absolute atomic E-state index is 0.128. The Labute approximate surface area is 79.6 Å². The molecule has 0 fully saturated rings. The largest absolute Gasteiger partial charge is 0.312 e. The number of aromatic nitrogens is 1. The summed E-state index contributed by atoms with van der Waals surface area (Å²) >= 11 is 0. The second-order valence-corrected chi connectivity index (χ2v) is 3.07. The van der Waals surface area contributed by atoms with E-state index in [-0.39, 0.29) is 11.5 Å². The predicted octanol–water partition coefficient (Wildman–Crippen LogP) is 1.78. The van der Waals surface area contributed by atoms with E-state index in [4.69, 9.17) is 0 Å². The Bertz CT molecular complexity index is 274. The number of carbonyl (C=O) groups excluding carboxylic acids is 1. The molecule has 1 aromatic rings. The van der Waals surface area contributed by atoms with Crippen LogP contribution in [0.15, 0.2) is 24.5 Å². The van der Waals surface area contributed by atoms with Crippen LogP contribution in [-0.2, 0) is 4.79 Å². The number of hydrogen-bond donors (Lipinski definition) is 0. The van der Waals surface area contributed by atoms with Gasteiger partial charge in [0.1, 0.15) is 0 Å². The molecular formula is C10H13BNO. The van der Waals surface area contributed by atoms with Crippen molar-refractivity contribution in [2.45, 2.75) is 26.1 Å². The maximum atomic E-state index is 10.9. The number of carbonyl (C=O) groups is 1. The van der Waals surface area contributed by atoms with Gasteiger partial charge in [-0.2, -0.15) is 0 Å². The van der Waals surface area contributed by atoms with Crippen LogP contribution in [-0.4, -0.2) is 17.9 Å². The molecule has 0 amide bonds. The van der Waals surface area contributed by atoms with Gasteiger partial charge in [0.15, 0.2) is 0 Å². The Morgan fingerprint density at radius 3 is 2.62 bits per heavy atom. The van der Waals surface area contributed by atoms with E-state index in [1.165, 1.54) is 0 Å². The van der Waals surface area contributed by atoms with Crippen molar-refractivity contribution in [1.29, 1.82) is 0 Å². The molecule has 1 unspecified atom stereocenters. The van der Waals surface area contributed by atoms with Gasteiger partial charge in [-0.3, -0.25) is 4.98 Å². The lowest BCUT2D eigenvalue weighted by Gasteiger charge is -2.11. The SMILES string of the molecule is CCC([B]C(C)=O)c1ccncc1. The van der Waals surface area contributed by atoms with E-state index in [1.54, 1.807) is 26.6 Å². The van der Waals surface area contributed by atoms with Crippen LogP contribution < -0.4 is 0 Å². The quantitative estimate of drug-likeness (QED) is 0.651. The van der Waals surface area contributed by atoms with Gasteiger partial charge in [-0.15, -0.1) is 0 Å². The molecule has 0 aliphatic heterocycles. The molecule has 1 heterocycles. The monoisotopic (exact) mass is 174 g/mol. The molecule has 0 aliphatic carbocycles. The van der Waals surface area contributed by atoms with Gasteiger partial charge in [-0.05, 0) is 30.4 Å². The summed E-state index contributed by atoms with van der Waals surface area (Å²) in [5, 5.41) is 0. The van der Waals surface area contributed by atoms with Gasteiger partial charge in [0.2, 0.25) is 7.28 Å². The molecule has 1 atom stereocenters. The van der Waals surface area contributed by atoms with Crippen molar-refractivity contribution in [3.05, 3.63) is 30.1 Å². The molecule has 0 spiro atoms. The van der Waals surface area contributed by atoms with Gasteiger partial charge in [0.25, 0.3) is 0 Å². The molecule has 3 heteroatoms. The summed E-state index contributed by atoms with van der Waals surface area (Å²) in [5.41, 5.74) is 1.29. The molecule has 1 rings (SSSR count). The van der Waals surface area contributed by atoms with E-state index in [1.807, 2.05) is 12.1 Å². The highest BCUT2D eigenvalue weighted by Gasteiger charge is 2.12. The second-order valence-electron chi connectivity index (χ2n) is 3.07. The molecule has 0 aromatic carbocycles. The fourth-order valence-electron chi connectivity index (χ4n) is 1.34. The molecule has 0 N–H and O–H groups in total. The lowest BCUT2D eigenvalue weighted by atomic mass is 9.58. The van der Waals surface area contributed by atoms with E-state index in [0.717, 1.165) is 12.0 Å². The van der Waals surface area contributed by atoms with Gasteiger partial charge in [-0.1, -0.05) is 13.3 Å². The lowest BCUT2D eigenvalue weighted by Crippen LogP contribution is -2.14. The Kier molecular flexibility index (Phi) is 3.68. The zero-order valence-electron chi connectivity index (χ0n) is 8.03. The highest BCUT2D eigenvalue weighted by atomic mass is 16.1. The van der Waals surface area contributed by atoms with E-state index in [2.05, 4.69) is 11.9 Å². The first kappa shape index (κ1) is 9.97. The minimum Gasteiger partial charge on any atom is -0.312 e. The van der Waals surface area contributed by atoms with Gasteiger partial charge in [0, 0.05) is 12.4 Å². The van der Waals surface area contributed by atoms with Gasteiger partial charge in [-0.25, -0.2) is 0 Å². The molecule has 1 aromatic heterocycles. The van der Waals surface area contributed by atoms with Crippen LogP contribution in [0, 0.1) is 0 Å². The summed E-state index contributed by atoms with van der Waals surface area (Å²) in [6.45, 7) is 3.66. The van der Waals surface area contributed by atoms with Crippen LogP contribution in [0.5, 0.6) is 0 Å². The third kappa shape index (κ3) is 3.01. The van der Waals surface area contributed by atoms with Crippen LogP contribution in [0.25, 0.3) is 0 Å². The van der Waals surface area contributed by atoms with Gasteiger partial charge < -0.3 is 4.79 Å². The van der Waals surface area contributed by atoms with Crippen molar-refractivity contribution in [3.63, 3.8) is 0 Å². The van der Waals surface area contributed by atoms with Gasteiger partial charge in [0.05, 0.1) is 5.68 Å². The van der Waals surface area contributed by atoms with Crippen molar-refractivity contribution in [3.8, 4) is 0 Å². The average molecular weight is 174 g/mol. The number of pyridine rings is 1. The third-order valence-corrected chi connectivity index (χ3v) is 2.01. The minimum atomic E-state index is 0.128. The highest BCUT2D eigenvalue weighted by molar-refractivity contribution is 6.74. The van der Waals surface area contributed by atoms with Crippen LogP contribution in [0.3, 0.4) is 0 Å². The fourth-order valence-corrected chi connectivity index (χ4v) is 1.34. The molecule has 1 radical (unpaired) electrons. The van der Waals surface area contributed by atoms with Crippen LogP contribution in [0.2, 0.25) is 0 Å². The summed E-state index contributed by atoms with van der Waals surface area (Å²) in [6.07, 6.45) is 4.46. The average Bonchev–Trinajstić information content (AvgIpc) is 2.15. The van der Waals surface area contributed by atoms with Crippen LogP contribution in [0.1, 0.15) is 31.6 Å². The van der Waals surface area contributed by atoms with Crippen molar-refractivity contribution < 1.29 is 4.79 Å². The van der Waals surface area contributed by atoms with E-state index in [0.29, 0.717) is 0 Å². The van der Waals surface area contributed by atoms with E-state index < -0.39 is 0 Å². The first-order valence-corrected chi connectivity index (χ1v) is 4.49. The summed E-state index contributed by atoms with van der Waals surface area (Å²) in [5.74, 6) is 0.237. The smallest absolute Gasteiger partial charge is 0.210 e. The first-order chi connectivity index (χ1) is 6.24. The lowest BCUT2D eigenvalue weighted by molar-refractivity contribution is -0.110. The van der Waals surface area contributed by atoms with Crippen LogP contribution >= 0.6 is 0 Å². The zero-order chi connectivity index (χ0) is 9.68. The molecule has 0 saturated carbocycles. The summed E-state index contributed by atoms with van der Waals surface area (Å²) in [4.78, 5) is 14.9. The Balaban J connectivity index is 2.73. The van der Waals surface area contributed by atoms with Crippen molar-refractivity contribution >= 4 is 13.0 Å². The van der Waals surface area contributed by atoms with Crippen LogP contribution in [0.4, 0.5) is 0 Å². The molecule has 0 saturated heterocycles. The molecule has 13 heavy (non-hydrogen) atoms. The molecule has 2 nitrogen and oxygen atoms in total. The topological polar surface area (TPSA) is 30.0 Å². The van der Waals surface area contributed by atoms with Crippen molar-refractivity contribution in [1.82, 2.24) is 4.98 Å². The summed E-state index contributed by atoms with van der Waals surface area (Å²) in [7, 11) is 1.76. The molecule has 0 bridgehead atoms. The van der Waals surface area contributed by atoms with E-state index >= 15 is 0 Å². The Hall–Kier alpha value is -1.12. The maximum Gasteiger partial charge on any atom is 0.210 e. The highest BCUT2D eigenvalue weighted by Crippen LogP contribution is 2.16. The van der Waals surface area contributed by atoms with Crippen molar-refractivity contribution in [2.24, 2.45) is 0 Å². The fraction of sp³-hybridized carbons (Fsp3) is 0.400. The molecule has 67 valence electrons. The standard InChI is InChI=1S/C10H13BNO/c1-3-10(11-8(2)13)9-4-6-12-7-5-9/h4-7,10H,3H2,1-2H3. The normalized spacial score (nSPS) is 12.2. The third-order valence-electron chi connectivity index (χ3n) is 2.01. The second kappa shape index (κ2) is 4.80.